The summed E-state index contributed by atoms with van der Waals surface area (Å²) in [5.74, 6) is -6.34. The predicted molar refractivity (Wildman–Crippen MR) is 327 cm³/mol. The number of nitrogens with two attached hydrogens (primary N) is 1. The molecule has 86 heavy (non-hydrogen) atoms. The van der Waals surface area contributed by atoms with Gasteiger partial charge in [0.2, 0.25) is 11.8 Å². The van der Waals surface area contributed by atoms with Gasteiger partial charge in [-0.05, 0) is 100 Å². The third-order valence-electron chi connectivity index (χ3n) is 16.7. The van der Waals surface area contributed by atoms with E-state index in [4.69, 9.17) is 10.5 Å². The van der Waals surface area contributed by atoms with Crippen LogP contribution in [-0.4, -0.2) is 147 Å². The van der Waals surface area contributed by atoms with Crippen molar-refractivity contribution in [1.82, 2.24) is 35.6 Å². The Morgan fingerprint density at radius 3 is 2.12 bits per heavy atom. The van der Waals surface area contributed by atoms with E-state index in [0.717, 1.165) is 47.6 Å². The first kappa shape index (κ1) is 71.8. The number of benzene rings is 1. The van der Waals surface area contributed by atoms with Gasteiger partial charge in [0.25, 0.3) is 17.7 Å². The summed E-state index contributed by atoms with van der Waals surface area (Å²) in [6, 6.07) is 4.02. The standard InChI is InChI=1S/C64H96N8O13S/c1-11-29-71(62(81)49(41(7)12-2)36-55(76)52-21-15-17-30-70(52)10)53(40(5)6)37-56(85-43(9)73)61-69-51(38-86-61)60(80)67-46(32-42(8)63(82)83)33-44-22-24-45(25-23-44)34-54(75)50(20-18-28-66-64(65)84)68-59(79)48(39(3)4)35-47(74)19-14-13-16-31-72-57(77)26-27-58(72)78/h22-27,38-42,46,48-50,52-53,56H,11-21,28-37H2,1-10H3,(H,67,80)(H,68,79)(H,82,83)(H3,65,66,84)/t41-,42?,46+,48-,49-,50+,52+,53+,56+/m0/s1. The number of primary amides is 1. The predicted octanol–water partition coefficient (Wildman–Crippen LogP) is 7.72. The number of piperidine rings is 1. The van der Waals surface area contributed by atoms with E-state index in [1.54, 1.807) is 36.6 Å². The highest BCUT2D eigenvalue weighted by atomic mass is 32.1. The van der Waals surface area contributed by atoms with E-state index in [-0.39, 0.29) is 129 Å². The van der Waals surface area contributed by atoms with E-state index in [1.807, 2.05) is 60.4 Å². The van der Waals surface area contributed by atoms with Crippen molar-refractivity contribution in [1.29, 1.82) is 0 Å². The summed E-state index contributed by atoms with van der Waals surface area (Å²) < 4.78 is 5.93. The maximum absolute atomic E-state index is 14.9. The van der Waals surface area contributed by atoms with Crippen molar-refractivity contribution in [3.63, 3.8) is 0 Å². The molecule has 0 radical (unpaired) electrons. The average Bonchev–Trinajstić information content (AvgIpc) is 2.54. The molecule has 1 fully saturated rings. The molecule has 22 heteroatoms. The summed E-state index contributed by atoms with van der Waals surface area (Å²) in [5, 5.41) is 20.2. The Bertz CT molecular complexity index is 2660. The zero-order valence-corrected chi connectivity index (χ0v) is 53.2. The van der Waals surface area contributed by atoms with Crippen molar-refractivity contribution in [2.75, 3.05) is 33.2 Å². The lowest BCUT2D eigenvalue weighted by atomic mass is 9.82. The Morgan fingerprint density at radius 1 is 0.849 bits per heavy atom. The van der Waals surface area contributed by atoms with Gasteiger partial charge in [-0.2, -0.15) is 0 Å². The van der Waals surface area contributed by atoms with Crippen LogP contribution >= 0.6 is 11.3 Å². The lowest BCUT2D eigenvalue weighted by Crippen LogP contribution is -2.50. The molecule has 21 nitrogen and oxygen atoms in total. The number of likely N-dealkylation sites (tertiary alicyclic amines) is 1. The lowest BCUT2D eigenvalue weighted by Gasteiger charge is -2.39. The smallest absolute Gasteiger partial charge is 0.312 e. The molecule has 1 saturated heterocycles. The molecule has 3 heterocycles. The number of esters is 1. The highest BCUT2D eigenvalue weighted by molar-refractivity contribution is 7.09. The number of unbranched alkanes of at least 4 members (excludes halogenated alkanes) is 2. The van der Waals surface area contributed by atoms with Crippen LogP contribution in [0.1, 0.15) is 191 Å². The first-order chi connectivity index (χ1) is 40.7. The number of ketones is 3. The number of imide groups is 1. The zero-order chi connectivity index (χ0) is 63.8. The Kier molecular flexibility index (Phi) is 29.9. The largest absolute Gasteiger partial charge is 0.481 e. The van der Waals surface area contributed by atoms with Crippen LogP contribution < -0.4 is 21.7 Å². The van der Waals surface area contributed by atoms with Gasteiger partial charge in [-0.25, -0.2) is 9.78 Å². The molecule has 9 atom stereocenters. The number of ether oxygens (including phenoxy) is 1. The maximum Gasteiger partial charge on any atom is 0.312 e. The van der Waals surface area contributed by atoms with Crippen LogP contribution in [0.15, 0.2) is 41.8 Å². The minimum Gasteiger partial charge on any atom is -0.481 e. The maximum atomic E-state index is 14.9. The van der Waals surface area contributed by atoms with Crippen molar-refractivity contribution < 1.29 is 62.6 Å². The Hall–Kier alpha value is -6.68. The molecule has 0 bridgehead atoms. The normalized spacial score (nSPS) is 17.3. The van der Waals surface area contributed by atoms with Crippen LogP contribution in [-0.2, 0) is 60.7 Å². The number of thiazole rings is 1. The number of aromatic nitrogens is 1. The molecule has 6 N–H and O–H groups in total. The van der Waals surface area contributed by atoms with E-state index >= 15 is 0 Å². The summed E-state index contributed by atoms with van der Waals surface area (Å²) in [7, 11) is 1.97. The molecule has 476 valence electrons. The molecule has 2 aliphatic heterocycles. The SMILES string of the molecule is CCCN(C(=O)[C@@H](CC(=O)[C@H]1CCCCN1C)[C@@H](C)CC)[C@H](C[C@@H](OC(C)=O)c1nc(C(=O)N[C@@H](Cc2ccc(CC(=O)[C@@H](CCCNC(N)=O)NC(=O)[C@@H](CC(=O)CCCCCN3C(=O)C=CC3=O)C(C)C)cc2)CC(C)C(=O)O)cs1)C(C)C. The molecule has 7 amide bonds. The monoisotopic (exact) mass is 1220 g/mol. The summed E-state index contributed by atoms with van der Waals surface area (Å²) in [6.45, 7) is 18.2. The van der Waals surface area contributed by atoms with Crippen molar-refractivity contribution in [2.24, 2.45) is 41.2 Å². The van der Waals surface area contributed by atoms with Crippen molar-refractivity contribution >= 4 is 76.2 Å². The number of aliphatic carboxylic acids is 1. The number of likely N-dealkylation sites (N-methyl/N-ethyl adjacent to an activating group) is 1. The number of rotatable bonds is 39. The molecule has 2 aromatic rings. The van der Waals surface area contributed by atoms with Gasteiger partial charge in [0, 0.05) is 100 Å². The molecule has 1 aromatic heterocycles. The van der Waals surface area contributed by atoms with Crippen molar-refractivity contribution in [3.05, 3.63) is 63.6 Å². The van der Waals surface area contributed by atoms with E-state index in [9.17, 15) is 57.8 Å². The molecule has 4 rings (SSSR count). The second-order valence-corrected chi connectivity index (χ2v) is 25.2. The van der Waals surface area contributed by atoms with Gasteiger partial charge in [-0.15, -0.1) is 11.3 Å². The second kappa shape index (κ2) is 35.8. The third kappa shape index (κ3) is 22.9. The molecule has 0 aliphatic carbocycles. The number of amides is 7. The van der Waals surface area contributed by atoms with Crippen LogP contribution in [0.3, 0.4) is 0 Å². The highest BCUT2D eigenvalue weighted by Gasteiger charge is 2.39. The molecule has 1 unspecified atom stereocenters. The number of hydrogen-bond acceptors (Lipinski definition) is 15. The molecule has 1 aromatic carbocycles. The molecule has 0 saturated carbocycles. The second-order valence-electron chi connectivity index (χ2n) is 24.3. The zero-order valence-electron chi connectivity index (χ0n) is 52.4. The number of urea groups is 1. The fourth-order valence-electron chi connectivity index (χ4n) is 11.4. The van der Waals surface area contributed by atoms with E-state index in [0.29, 0.717) is 55.6 Å². The summed E-state index contributed by atoms with van der Waals surface area (Å²) in [6.07, 6.45) is 8.50. The average molecular weight is 1220 g/mol. The summed E-state index contributed by atoms with van der Waals surface area (Å²) in [5.41, 5.74) is 6.65. The fraction of sp³-hybridized carbons (Fsp3) is 0.656. The minimum atomic E-state index is -1.05. The first-order valence-electron chi connectivity index (χ1n) is 30.9. The topological polar surface area (TPSA) is 302 Å². The number of carbonyl (C=O) groups is 11. The summed E-state index contributed by atoms with van der Waals surface area (Å²) in [4.78, 5) is 154. The van der Waals surface area contributed by atoms with E-state index < -0.39 is 71.8 Å². The van der Waals surface area contributed by atoms with Gasteiger partial charge in [-0.3, -0.25) is 57.7 Å². The first-order valence-corrected chi connectivity index (χ1v) is 31.8. The van der Waals surface area contributed by atoms with Crippen LogP contribution in [0, 0.1) is 35.5 Å². The van der Waals surface area contributed by atoms with Gasteiger partial charge >= 0.3 is 18.0 Å². The molecular weight excluding hydrogens is 1120 g/mol. The number of Topliss-reactive ketones (excluding diaryl/α,β-unsaturated/α-hetero) is 3. The van der Waals surface area contributed by atoms with Gasteiger partial charge < -0.3 is 36.4 Å². The van der Waals surface area contributed by atoms with Gasteiger partial charge in [0.05, 0.1) is 18.0 Å². The van der Waals surface area contributed by atoms with Gasteiger partial charge in [0.15, 0.2) is 17.7 Å². The molecular formula is C64H96N8O13S. The van der Waals surface area contributed by atoms with E-state index in [2.05, 4.69) is 25.8 Å². The Morgan fingerprint density at radius 2 is 1.52 bits per heavy atom. The van der Waals surface area contributed by atoms with Crippen LogP contribution in [0.2, 0.25) is 0 Å². The quantitative estimate of drug-likeness (QED) is 0.0243. The highest BCUT2D eigenvalue weighted by Crippen LogP contribution is 2.34. The van der Waals surface area contributed by atoms with Gasteiger partial charge in [0.1, 0.15) is 16.5 Å². The molecule has 2 aliphatic rings. The number of nitrogens with zero attached hydrogens (tertiary/aromatic N) is 4. The van der Waals surface area contributed by atoms with Crippen LogP contribution in [0.25, 0.3) is 0 Å². The number of carboxylic acid groups (broad SMARTS) is 1. The van der Waals surface area contributed by atoms with Crippen LogP contribution in [0.4, 0.5) is 4.79 Å². The number of nitrogens with one attached hydrogen (secondary N) is 3. The lowest BCUT2D eigenvalue weighted by molar-refractivity contribution is -0.150. The van der Waals surface area contributed by atoms with Crippen molar-refractivity contribution in [2.45, 2.75) is 202 Å². The number of hydrogen-bond donors (Lipinski definition) is 5. The van der Waals surface area contributed by atoms with Crippen LogP contribution in [0.5, 0.6) is 0 Å². The van der Waals surface area contributed by atoms with E-state index in [1.165, 1.54) is 19.1 Å². The minimum absolute atomic E-state index is 0.0331. The van der Waals surface area contributed by atoms with Crippen molar-refractivity contribution in [3.8, 4) is 0 Å². The Labute approximate surface area is 512 Å². The molecule has 0 spiro atoms. The fourth-order valence-corrected chi connectivity index (χ4v) is 12.2. The number of carbonyl (C=O) groups excluding carboxylic acids is 10. The number of carboxylic acids is 1. The van der Waals surface area contributed by atoms with Gasteiger partial charge in [-0.1, -0.05) is 98.9 Å². The summed E-state index contributed by atoms with van der Waals surface area (Å²) >= 11 is 1.13. The third-order valence-corrected chi connectivity index (χ3v) is 17.6. The Balaban J connectivity index is 1.47.